The van der Waals surface area contributed by atoms with Crippen molar-refractivity contribution in [3.63, 3.8) is 0 Å². The molecule has 8 aromatic carbocycles. The summed E-state index contributed by atoms with van der Waals surface area (Å²) in [6, 6.07) is 55.0. The van der Waals surface area contributed by atoms with E-state index >= 15 is 0 Å². The van der Waals surface area contributed by atoms with E-state index in [0.717, 1.165) is 102 Å². The largest absolute Gasteiger partial charge is 0.490 e. The minimum atomic E-state index is -5.08. The van der Waals surface area contributed by atoms with E-state index in [0.29, 0.717) is 92.9 Å². The first-order chi connectivity index (χ1) is 59.4. The Hall–Kier alpha value is -12.1. The number of rotatable bonds is 14. The standard InChI is InChI=1S/C31H32ClN4O4.C28H27Cl2N4O2.C28H30ClN3O3.2C2HF3O2/c1-4-40-31(39)24-9-10-25-19-35(30(38)23-11-13-26(32)14-12-23)20-28(37)36(27(25)17-24)18-21-5-7-22(8-6-21)29-33(2)15-16-34(29)3;1-31-14-15-32(2)27(31)20-8-6-19(7-9-20)16-34-25-5-3-4-24(30)23(25)17-33(18-26(34)35)28(36)21-10-12-22(29)13-11-21;29-24-13-11-22(12-14-24)28(35)31-18-23-5-1-2-6-25(23)32(26(33)19-31)17-20-7-9-21(10-8-20)27(34)30-15-3-4-16-30;2*3-2(4,5)1(6)7/h5-14,17H,4,15-16,18-20H2,1-3H3;3-13H,14-18H2,1-2H3;3-4,7-14,23,25H,1-2,5-6,15-19H2;2*(H,6,7)/q2*+1;;;/t;;23-,25-;;/m..0../s1. The first-order valence-corrected chi connectivity index (χ1v) is 41.5. The van der Waals surface area contributed by atoms with Crippen molar-refractivity contribution < 1.29 is 98.4 Å². The molecule has 6 aliphatic heterocycles. The molecule has 7 aliphatic rings. The molecule has 2 atom stereocenters. The number of carboxylic acid groups (broad SMARTS) is 2. The Labute approximate surface area is 737 Å². The summed E-state index contributed by atoms with van der Waals surface area (Å²) in [6.45, 7) is 9.40. The van der Waals surface area contributed by atoms with Crippen LogP contribution < -0.4 is 9.80 Å². The number of fused-ring (bicyclic) bond motifs is 3. The van der Waals surface area contributed by atoms with Crippen LogP contribution in [0.15, 0.2) is 194 Å². The molecule has 0 aromatic heterocycles. The molecule has 34 heteroatoms. The van der Waals surface area contributed by atoms with Gasteiger partial charge in [-0.1, -0.05) is 120 Å². The van der Waals surface area contributed by atoms with Gasteiger partial charge in [-0.25, -0.2) is 14.4 Å². The van der Waals surface area contributed by atoms with Gasteiger partial charge in [-0.2, -0.15) is 26.3 Å². The third kappa shape index (κ3) is 23.9. The van der Waals surface area contributed by atoms with Crippen molar-refractivity contribution in [1.29, 1.82) is 0 Å². The molecule has 8 aromatic rings. The van der Waals surface area contributed by atoms with Gasteiger partial charge in [-0.05, 0) is 181 Å². The first kappa shape index (κ1) is 93.6. The highest BCUT2D eigenvalue weighted by Gasteiger charge is 2.42. The fourth-order valence-corrected chi connectivity index (χ4v) is 16.2. The highest BCUT2D eigenvalue weighted by Crippen LogP contribution is 2.37. The third-order valence-corrected chi connectivity index (χ3v) is 23.1. The van der Waals surface area contributed by atoms with E-state index in [-0.39, 0.29) is 92.6 Å². The van der Waals surface area contributed by atoms with Crippen molar-refractivity contribution in [1.82, 2.24) is 34.3 Å². The minimum absolute atomic E-state index is 0.0231. The van der Waals surface area contributed by atoms with E-state index in [1.165, 1.54) is 10.7 Å². The van der Waals surface area contributed by atoms with Crippen molar-refractivity contribution >= 4 is 129 Å². The Morgan fingerprint density at radius 3 is 1.30 bits per heavy atom. The van der Waals surface area contributed by atoms with Crippen molar-refractivity contribution in [3.8, 4) is 0 Å². The number of esters is 1. The summed E-state index contributed by atoms with van der Waals surface area (Å²) < 4.78 is 73.2. The number of nitrogens with zero attached hydrogens (tertiary/aromatic N) is 11. The molecule has 125 heavy (non-hydrogen) atoms. The molecule has 24 nitrogen and oxygen atoms in total. The minimum Gasteiger partial charge on any atom is -0.475 e. The maximum atomic E-state index is 13.7. The van der Waals surface area contributed by atoms with Gasteiger partial charge in [-0.3, -0.25) is 52.5 Å². The highest BCUT2D eigenvalue weighted by atomic mass is 35.5. The Kier molecular flexibility index (Phi) is 31.1. The van der Waals surface area contributed by atoms with Gasteiger partial charge in [0.2, 0.25) is 17.7 Å². The van der Waals surface area contributed by atoms with E-state index in [2.05, 4.69) is 83.5 Å². The second-order valence-corrected chi connectivity index (χ2v) is 32.4. The Morgan fingerprint density at radius 2 is 0.856 bits per heavy atom. The molecule has 656 valence electrons. The van der Waals surface area contributed by atoms with Crippen LogP contribution in [0.25, 0.3) is 0 Å². The van der Waals surface area contributed by atoms with E-state index in [1.807, 2.05) is 65.6 Å². The number of anilines is 2. The molecule has 7 amide bonds. The van der Waals surface area contributed by atoms with Crippen molar-refractivity contribution in [2.24, 2.45) is 5.92 Å². The van der Waals surface area contributed by atoms with Gasteiger partial charge in [0.1, 0.15) is 45.8 Å². The lowest BCUT2D eigenvalue weighted by Crippen LogP contribution is -2.45. The number of amidine groups is 2. The maximum absolute atomic E-state index is 13.7. The van der Waals surface area contributed by atoms with Crippen LogP contribution in [0.5, 0.6) is 0 Å². The lowest BCUT2D eigenvalue weighted by atomic mass is 9.83. The van der Waals surface area contributed by atoms with Crippen LogP contribution >= 0.6 is 46.4 Å². The van der Waals surface area contributed by atoms with E-state index < -0.39 is 30.3 Å². The number of likely N-dealkylation sites (N-methyl/N-ethyl adjacent to an activating group) is 4. The molecule has 0 unspecified atom stereocenters. The number of carbonyl (C=O) groups is 10. The van der Waals surface area contributed by atoms with Crippen LogP contribution in [0, 0.1) is 5.92 Å². The van der Waals surface area contributed by atoms with Crippen LogP contribution in [0.1, 0.15) is 123 Å². The number of alkyl halides is 6. The van der Waals surface area contributed by atoms with Gasteiger partial charge < -0.3 is 49.2 Å². The number of ether oxygens (including phenoxy) is 1. The zero-order chi connectivity index (χ0) is 90.3. The number of amides is 7. The van der Waals surface area contributed by atoms with E-state index in [9.17, 15) is 64.7 Å². The van der Waals surface area contributed by atoms with E-state index in [4.69, 9.17) is 70.9 Å². The summed E-state index contributed by atoms with van der Waals surface area (Å²) in [5, 5.41) is 16.4. The smallest absolute Gasteiger partial charge is 0.475 e. The monoisotopic (exact) mass is 1800 g/mol. The van der Waals surface area contributed by atoms with Gasteiger partial charge in [0, 0.05) is 92.4 Å². The zero-order valence-electron chi connectivity index (χ0n) is 68.9. The topological polar surface area (TPSA) is 256 Å². The average Bonchev–Trinajstić information content (AvgIpc) is 1.75. The summed E-state index contributed by atoms with van der Waals surface area (Å²) in [6.07, 6.45) is -1.99. The van der Waals surface area contributed by atoms with Crippen molar-refractivity contribution in [2.45, 2.75) is 83.7 Å². The quantitative estimate of drug-likeness (QED) is 0.0444. The number of hydrogen-bond donors (Lipinski definition) is 2. The molecular weight excluding hydrogens is 1710 g/mol. The van der Waals surface area contributed by atoms with Gasteiger partial charge in [0.25, 0.3) is 35.3 Å². The molecule has 2 N–H and O–H groups in total. The second kappa shape index (κ2) is 41.6. The van der Waals surface area contributed by atoms with Gasteiger partial charge in [0.15, 0.2) is 0 Å². The zero-order valence-corrected chi connectivity index (χ0v) is 71.9. The molecule has 0 bridgehead atoms. The van der Waals surface area contributed by atoms with Crippen LogP contribution in [-0.4, -0.2) is 243 Å². The number of aliphatic carboxylic acids is 2. The summed E-state index contributed by atoms with van der Waals surface area (Å²) in [5.74, 6) is -4.38. The second-order valence-electron chi connectivity index (χ2n) is 30.6. The molecule has 15 rings (SSSR count). The molecular formula is C91H91Cl4F6N11O13+2. The molecule has 0 spiro atoms. The fourth-order valence-electron chi connectivity index (χ4n) is 15.6. The predicted octanol–water partition coefficient (Wildman–Crippen LogP) is 14.2. The van der Waals surface area contributed by atoms with Gasteiger partial charge in [-0.15, -0.1) is 0 Å². The summed E-state index contributed by atoms with van der Waals surface area (Å²) >= 11 is 24.6. The number of carbonyl (C=O) groups excluding carboxylic acids is 8. The fraction of sp³-hybridized carbons (Fsp3) is 0.319. The maximum Gasteiger partial charge on any atom is 0.490 e. The summed E-state index contributed by atoms with van der Waals surface area (Å²) in [5.41, 5.74) is 10.5. The van der Waals surface area contributed by atoms with Crippen LogP contribution in [0.4, 0.5) is 37.7 Å². The Bertz CT molecular complexity index is 5400. The molecule has 1 saturated heterocycles. The number of halogens is 10. The van der Waals surface area contributed by atoms with Crippen molar-refractivity contribution in [3.05, 3.63) is 281 Å². The average molecular weight is 1800 g/mol. The predicted molar refractivity (Wildman–Crippen MR) is 460 cm³/mol. The van der Waals surface area contributed by atoms with Crippen LogP contribution in [0.2, 0.25) is 20.1 Å². The van der Waals surface area contributed by atoms with Gasteiger partial charge >= 0.3 is 30.3 Å². The first-order valence-electron chi connectivity index (χ1n) is 40.0. The highest BCUT2D eigenvalue weighted by molar-refractivity contribution is 6.32. The lowest BCUT2D eigenvalue weighted by Gasteiger charge is -2.38. The number of carboxylic acids is 2. The SMILES string of the molecule is CCOC(=O)c1ccc2c(c1)N(Cc1ccc(C3=[N+](C)CCN3C)cc1)C(=O)CN(C(=O)c1ccc(Cl)cc1)C2.CN1CC[N+](C)=C1c1ccc(CN2C(=O)CN(C(=O)c3ccc(Cl)cc3)Cc3c(Cl)cccc32)cc1.O=C(O)C(F)(F)F.O=C(O)C(F)(F)F.O=C(c1ccc(CN2C(=O)CN(C(=O)c3ccc(Cl)cc3)C[C@@H]3CCCC[C@@H]32)cc1)N1CC=CC1. The number of benzene rings is 8. The normalized spacial score (nSPS) is 17.0. The van der Waals surface area contributed by atoms with Gasteiger partial charge in [0.05, 0.1) is 76.8 Å². The molecule has 6 heterocycles. The molecule has 0 radical (unpaired) electrons. The third-order valence-electron chi connectivity index (χ3n) is 22.0. The van der Waals surface area contributed by atoms with Crippen LogP contribution in [-0.2, 0) is 61.4 Å². The molecule has 2 fully saturated rings. The summed E-state index contributed by atoms with van der Waals surface area (Å²) in [7, 11) is 8.36. The van der Waals surface area contributed by atoms with Crippen molar-refractivity contribution in [2.75, 3.05) is 110 Å². The van der Waals surface area contributed by atoms with E-state index in [1.54, 1.807) is 128 Å². The Morgan fingerprint density at radius 1 is 0.464 bits per heavy atom. The lowest BCUT2D eigenvalue weighted by molar-refractivity contribution is -0.486. The molecule has 1 aliphatic carbocycles. The summed E-state index contributed by atoms with van der Waals surface area (Å²) in [4.78, 5) is 140. The Balaban J connectivity index is 0.000000169. The van der Waals surface area contributed by atoms with Crippen LogP contribution in [0.3, 0.4) is 0 Å². The number of hydrogen-bond acceptors (Lipinski definition) is 13. The molecule has 1 saturated carbocycles.